The number of aliphatic hydroxyl groups is 4. The predicted molar refractivity (Wildman–Crippen MR) is 106 cm³/mol. The van der Waals surface area contributed by atoms with Gasteiger partial charge in [0.1, 0.15) is 35.7 Å². The topological polar surface area (TPSA) is 159 Å². The van der Waals surface area contributed by atoms with Crippen LogP contribution in [0.25, 0.3) is 11.0 Å². The zero-order chi connectivity index (χ0) is 22.1. The molecule has 2 heterocycles. The number of ether oxygens (including phenoxy) is 3. The molecule has 5 atom stereocenters. The maximum atomic E-state index is 12.4. The molecule has 0 bridgehead atoms. The maximum Gasteiger partial charge on any atom is 0.383 e. The van der Waals surface area contributed by atoms with Gasteiger partial charge in [0.25, 0.3) is 0 Å². The second kappa shape index (κ2) is 9.01. The number of aliphatic hydroxyl groups excluding tert-OH is 4. The molecule has 0 spiro atoms. The quantitative estimate of drug-likeness (QED) is 0.413. The number of aromatic hydroxyl groups is 1. The van der Waals surface area contributed by atoms with E-state index in [1.165, 1.54) is 18.2 Å². The molecule has 0 unspecified atom stereocenters. The Morgan fingerprint density at radius 1 is 1.00 bits per heavy atom. The van der Waals surface area contributed by atoms with Crippen molar-refractivity contribution in [1.82, 2.24) is 0 Å². The Bertz CT molecular complexity index is 965. The molecular weight excluding hydrogens is 412 g/mol. The summed E-state index contributed by atoms with van der Waals surface area (Å²) in [6.45, 7) is -0.588. The first-order valence-electron chi connectivity index (χ1n) is 10.3. The lowest BCUT2D eigenvalue weighted by atomic mass is 9.98. The summed E-state index contributed by atoms with van der Waals surface area (Å²) in [6.07, 6.45) is -2.58. The van der Waals surface area contributed by atoms with Gasteiger partial charge in [-0.1, -0.05) is 6.42 Å². The highest BCUT2D eigenvalue weighted by atomic mass is 16.7. The summed E-state index contributed by atoms with van der Waals surface area (Å²) in [5.74, 6) is -0.432. The van der Waals surface area contributed by atoms with Crippen LogP contribution < -0.4 is 15.1 Å². The molecular formula is C21H26O10. The normalized spacial score (nSPS) is 29.7. The van der Waals surface area contributed by atoms with Gasteiger partial charge in [0.2, 0.25) is 12.0 Å². The fourth-order valence-electron chi connectivity index (χ4n) is 3.97. The van der Waals surface area contributed by atoms with Crippen molar-refractivity contribution in [3.05, 3.63) is 28.6 Å². The molecule has 0 amide bonds. The van der Waals surface area contributed by atoms with E-state index in [2.05, 4.69) is 0 Å². The Kier molecular flexibility index (Phi) is 6.35. The van der Waals surface area contributed by atoms with Gasteiger partial charge in [-0.15, -0.1) is 0 Å². The first kappa shape index (κ1) is 21.8. The lowest BCUT2D eigenvalue weighted by molar-refractivity contribution is -0.277. The largest absolute Gasteiger partial charge is 0.504 e. The van der Waals surface area contributed by atoms with Crippen LogP contribution in [0.4, 0.5) is 0 Å². The van der Waals surface area contributed by atoms with E-state index < -0.39 is 42.9 Å². The highest BCUT2D eigenvalue weighted by Gasteiger charge is 2.44. The third-order valence-corrected chi connectivity index (χ3v) is 5.75. The van der Waals surface area contributed by atoms with Crippen LogP contribution in [0.1, 0.15) is 32.1 Å². The van der Waals surface area contributed by atoms with Crippen LogP contribution in [0.3, 0.4) is 0 Å². The van der Waals surface area contributed by atoms with E-state index in [4.69, 9.17) is 18.6 Å². The summed E-state index contributed by atoms with van der Waals surface area (Å²) < 4.78 is 21.9. The summed E-state index contributed by atoms with van der Waals surface area (Å²) in [6, 6.07) is 4.23. The number of benzene rings is 1. The Labute approximate surface area is 177 Å². The number of hydrogen-bond donors (Lipinski definition) is 5. The van der Waals surface area contributed by atoms with E-state index in [1.54, 1.807) is 0 Å². The Balaban J connectivity index is 1.57. The van der Waals surface area contributed by atoms with Crippen molar-refractivity contribution in [1.29, 1.82) is 0 Å². The zero-order valence-corrected chi connectivity index (χ0v) is 16.7. The molecule has 1 aromatic carbocycles. The molecule has 170 valence electrons. The summed E-state index contributed by atoms with van der Waals surface area (Å²) >= 11 is 0. The molecule has 1 aliphatic carbocycles. The number of hydrogen-bond acceptors (Lipinski definition) is 10. The van der Waals surface area contributed by atoms with Crippen molar-refractivity contribution in [2.45, 2.75) is 68.9 Å². The van der Waals surface area contributed by atoms with Gasteiger partial charge in [-0.2, -0.15) is 0 Å². The van der Waals surface area contributed by atoms with E-state index in [0.717, 1.165) is 32.1 Å². The molecule has 1 saturated heterocycles. The van der Waals surface area contributed by atoms with Crippen LogP contribution in [-0.4, -0.2) is 68.9 Å². The van der Waals surface area contributed by atoms with Crippen molar-refractivity contribution in [2.24, 2.45) is 0 Å². The van der Waals surface area contributed by atoms with Crippen molar-refractivity contribution >= 4 is 11.0 Å². The average Bonchev–Trinajstić information content (AvgIpc) is 2.77. The molecule has 10 heteroatoms. The smallest absolute Gasteiger partial charge is 0.383 e. The monoisotopic (exact) mass is 438 g/mol. The van der Waals surface area contributed by atoms with Crippen LogP contribution in [-0.2, 0) is 4.74 Å². The minimum Gasteiger partial charge on any atom is -0.504 e. The lowest BCUT2D eigenvalue weighted by Crippen LogP contribution is -2.60. The van der Waals surface area contributed by atoms with Gasteiger partial charge < -0.3 is 44.2 Å². The summed E-state index contributed by atoms with van der Waals surface area (Å²) in [5, 5.41) is 49.9. The Morgan fingerprint density at radius 3 is 2.45 bits per heavy atom. The summed E-state index contributed by atoms with van der Waals surface area (Å²) in [4.78, 5) is 12.4. The fraction of sp³-hybridized carbons (Fsp3) is 0.571. The van der Waals surface area contributed by atoms with Crippen molar-refractivity contribution in [3.8, 4) is 17.2 Å². The van der Waals surface area contributed by atoms with Gasteiger partial charge in [0, 0.05) is 6.07 Å². The molecule has 0 radical (unpaired) electrons. The standard InChI is InChI=1S/C21H26O10/c22-9-14-16(24)17(25)18(26)21(31-14)29-11-6-7-12-13(8-11)30-20(27)19(15(12)23)28-10-4-2-1-3-5-10/h6-8,10,14,16-18,21-26H,1-5,9H2/t14-,16-,17+,18+,21+/m1/s1. The third-order valence-electron chi connectivity index (χ3n) is 5.75. The number of rotatable bonds is 5. The minimum absolute atomic E-state index is 0.0283. The van der Waals surface area contributed by atoms with Crippen molar-refractivity contribution < 1.29 is 44.2 Å². The minimum atomic E-state index is -1.59. The number of fused-ring (bicyclic) bond motifs is 1. The van der Waals surface area contributed by atoms with Crippen LogP contribution in [0, 0.1) is 0 Å². The fourth-order valence-corrected chi connectivity index (χ4v) is 3.97. The van der Waals surface area contributed by atoms with Crippen LogP contribution in [0.5, 0.6) is 17.2 Å². The van der Waals surface area contributed by atoms with Crippen LogP contribution in [0.15, 0.2) is 27.4 Å². The molecule has 1 saturated carbocycles. The van der Waals surface area contributed by atoms with Gasteiger partial charge in [-0.05, 0) is 37.8 Å². The Hall–Kier alpha value is -2.37. The molecule has 2 fully saturated rings. The highest BCUT2D eigenvalue weighted by Crippen LogP contribution is 2.35. The van der Waals surface area contributed by atoms with Crippen molar-refractivity contribution in [2.75, 3.05) is 6.61 Å². The van der Waals surface area contributed by atoms with Crippen LogP contribution >= 0.6 is 0 Å². The van der Waals surface area contributed by atoms with Gasteiger partial charge >= 0.3 is 5.63 Å². The van der Waals surface area contributed by atoms with Gasteiger partial charge in [-0.3, -0.25) is 0 Å². The molecule has 2 aliphatic rings. The predicted octanol–water partition coefficient (Wildman–Crippen LogP) is 0.389. The molecule has 1 aromatic heterocycles. The molecule has 31 heavy (non-hydrogen) atoms. The van der Waals surface area contributed by atoms with Gasteiger partial charge in [0.05, 0.1) is 18.1 Å². The zero-order valence-electron chi connectivity index (χ0n) is 16.7. The highest BCUT2D eigenvalue weighted by molar-refractivity contribution is 5.86. The van der Waals surface area contributed by atoms with Crippen LogP contribution in [0.2, 0.25) is 0 Å². The second-order valence-electron chi connectivity index (χ2n) is 7.92. The van der Waals surface area contributed by atoms with E-state index in [0.29, 0.717) is 0 Å². The summed E-state index contributed by atoms with van der Waals surface area (Å²) in [7, 11) is 0. The first-order valence-corrected chi connectivity index (χ1v) is 10.3. The van der Waals surface area contributed by atoms with Gasteiger partial charge in [0.15, 0.2) is 5.75 Å². The molecule has 2 aromatic rings. The SMILES string of the molecule is O=c1oc2cc(O[C@H]3O[C@H](CO)[C@@H](O)[C@H](O)[C@@H]3O)ccc2c(O)c1OC1CCCCC1. The molecule has 10 nitrogen and oxygen atoms in total. The first-order chi connectivity index (χ1) is 14.9. The van der Waals surface area contributed by atoms with E-state index in [-0.39, 0.29) is 34.3 Å². The maximum absolute atomic E-state index is 12.4. The van der Waals surface area contributed by atoms with E-state index in [9.17, 15) is 30.3 Å². The molecule has 4 rings (SSSR count). The summed E-state index contributed by atoms with van der Waals surface area (Å²) in [5.41, 5.74) is -0.791. The third kappa shape index (κ3) is 4.35. The Morgan fingerprint density at radius 2 is 1.74 bits per heavy atom. The molecule has 1 aliphatic heterocycles. The molecule has 5 N–H and O–H groups in total. The van der Waals surface area contributed by atoms with E-state index >= 15 is 0 Å². The average molecular weight is 438 g/mol. The second-order valence-corrected chi connectivity index (χ2v) is 7.92. The van der Waals surface area contributed by atoms with Crippen molar-refractivity contribution in [3.63, 3.8) is 0 Å². The van der Waals surface area contributed by atoms with E-state index in [1.807, 2.05) is 0 Å². The lowest BCUT2D eigenvalue weighted by Gasteiger charge is -2.39. The van der Waals surface area contributed by atoms with Gasteiger partial charge in [-0.25, -0.2) is 4.79 Å².